The lowest BCUT2D eigenvalue weighted by molar-refractivity contribution is -0.143. The van der Waals surface area contributed by atoms with Crippen molar-refractivity contribution >= 4 is 23.8 Å². The van der Waals surface area contributed by atoms with Gasteiger partial charge in [-0.3, -0.25) is 19.3 Å². The van der Waals surface area contributed by atoms with Gasteiger partial charge in [-0.1, -0.05) is 44.0 Å². The van der Waals surface area contributed by atoms with E-state index in [2.05, 4.69) is 15.5 Å². The van der Waals surface area contributed by atoms with Crippen molar-refractivity contribution in [3.63, 3.8) is 0 Å². The molecule has 4 N–H and O–H groups in total. The predicted octanol–water partition coefficient (Wildman–Crippen LogP) is 2.28. The molecule has 236 valence electrons. The highest BCUT2D eigenvalue weighted by Crippen LogP contribution is 2.42. The van der Waals surface area contributed by atoms with Crippen LogP contribution >= 0.6 is 0 Å². The largest absolute Gasteiger partial charge is 0.465 e. The Labute approximate surface area is 254 Å². The van der Waals surface area contributed by atoms with E-state index in [-0.39, 0.29) is 30.8 Å². The Kier molecular flexibility index (Phi) is 9.91. The minimum atomic E-state index is -1.40. The van der Waals surface area contributed by atoms with Gasteiger partial charge < -0.3 is 30.6 Å². The molecule has 1 aromatic rings. The summed E-state index contributed by atoms with van der Waals surface area (Å²) < 4.78 is 0. The molecule has 1 saturated carbocycles. The molecule has 11 heteroatoms. The molecule has 43 heavy (non-hydrogen) atoms. The SMILES string of the molecule is CCCC(NC(=O)[C@@H]1C[C@@H](C2c3ccccc3CCN2C(=O)O)CN1C(=O)C(C)N1CCCCC1)C(O)C(=O)NC1CC1. The maximum atomic E-state index is 14.1. The van der Waals surface area contributed by atoms with Crippen molar-refractivity contribution in [1.29, 1.82) is 0 Å². The van der Waals surface area contributed by atoms with Crippen molar-refractivity contribution in [2.75, 3.05) is 26.2 Å². The second kappa shape index (κ2) is 13.6. The van der Waals surface area contributed by atoms with Gasteiger partial charge >= 0.3 is 6.09 Å². The van der Waals surface area contributed by atoms with Gasteiger partial charge in [0.2, 0.25) is 11.8 Å². The Hall–Kier alpha value is -3.18. The van der Waals surface area contributed by atoms with Crippen LogP contribution in [-0.2, 0) is 20.8 Å². The molecule has 0 aromatic heterocycles. The lowest BCUT2D eigenvalue weighted by Crippen LogP contribution is -2.57. The van der Waals surface area contributed by atoms with E-state index < -0.39 is 48.2 Å². The molecule has 11 nitrogen and oxygen atoms in total. The fourth-order valence-corrected chi connectivity index (χ4v) is 7.21. The summed E-state index contributed by atoms with van der Waals surface area (Å²) in [5, 5.41) is 26.8. The van der Waals surface area contributed by atoms with E-state index >= 15 is 0 Å². The molecule has 1 aromatic carbocycles. The summed E-state index contributed by atoms with van der Waals surface area (Å²) in [6.45, 7) is 6.06. The number of piperidine rings is 1. The maximum Gasteiger partial charge on any atom is 0.407 e. The molecule has 6 atom stereocenters. The molecule has 5 rings (SSSR count). The number of likely N-dealkylation sites (tertiary alicyclic amines) is 2. The molecule has 3 heterocycles. The van der Waals surface area contributed by atoms with Gasteiger partial charge in [-0.25, -0.2) is 4.79 Å². The van der Waals surface area contributed by atoms with Gasteiger partial charge in [0.25, 0.3) is 5.91 Å². The minimum Gasteiger partial charge on any atom is -0.465 e. The normalized spacial score (nSPS) is 26.3. The highest BCUT2D eigenvalue weighted by atomic mass is 16.4. The summed E-state index contributed by atoms with van der Waals surface area (Å²) >= 11 is 0. The van der Waals surface area contributed by atoms with Crippen LogP contribution in [0.25, 0.3) is 0 Å². The summed E-state index contributed by atoms with van der Waals surface area (Å²) in [5.41, 5.74) is 2.01. The van der Waals surface area contributed by atoms with Gasteiger partial charge in [-0.15, -0.1) is 0 Å². The van der Waals surface area contributed by atoms with Crippen LogP contribution in [0, 0.1) is 5.92 Å². The molecule has 4 unspecified atom stereocenters. The number of hydrogen-bond acceptors (Lipinski definition) is 6. The number of aliphatic hydroxyl groups excluding tert-OH is 1. The summed E-state index contributed by atoms with van der Waals surface area (Å²) in [7, 11) is 0. The van der Waals surface area contributed by atoms with Crippen LogP contribution in [0.1, 0.15) is 82.4 Å². The Morgan fingerprint density at radius 2 is 1.74 bits per heavy atom. The number of benzene rings is 1. The van der Waals surface area contributed by atoms with Crippen LogP contribution in [0.5, 0.6) is 0 Å². The summed E-state index contributed by atoms with van der Waals surface area (Å²) in [6.07, 6.45) is 4.50. The topological polar surface area (TPSA) is 143 Å². The Morgan fingerprint density at radius 3 is 2.42 bits per heavy atom. The number of nitrogens with one attached hydrogen (secondary N) is 2. The van der Waals surface area contributed by atoms with E-state index in [0.717, 1.165) is 56.3 Å². The van der Waals surface area contributed by atoms with Crippen LogP contribution in [0.15, 0.2) is 24.3 Å². The number of amides is 4. The lowest BCUT2D eigenvalue weighted by Gasteiger charge is -2.39. The third-order valence-electron chi connectivity index (χ3n) is 9.74. The van der Waals surface area contributed by atoms with Crippen molar-refractivity contribution in [3.8, 4) is 0 Å². The van der Waals surface area contributed by atoms with Gasteiger partial charge in [-0.2, -0.15) is 0 Å². The Bertz CT molecular complexity index is 1180. The van der Waals surface area contributed by atoms with Crippen molar-refractivity contribution in [1.82, 2.24) is 25.3 Å². The fourth-order valence-electron chi connectivity index (χ4n) is 7.21. The number of nitrogens with zero attached hydrogens (tertiary/aromatic N) is 3. The zero-order chi connectivity index (χ0) is 30.7. The van der Waals surface area contributed by atoms with E-state index in [0.29, 0.717) is 25.8 Å². The second-order valence-corrected chi connectivity index (χ2v) is 12.8. The van der Waals surface area contributed by atoms with Crippen molar-refractivity contribution in [2.24, 2.45) is 5.92 Å². The zero-order valence-electron chi connectivity index (χ0n) is 25.4. The van der Waals surface area contributed by atoms with Crippen molar-refractivity contribution < 1.29 is 29.4 Å². The summed E-state index contributed by atoms with van der Waals surface area (Å²) in [5.74, 6) is -1.34. The molecule has 3 fully saturated rings. The zero-order valence-corrected chi connectivity index (χ0v) is 25.4. The summed E-state index contributed by atoms with van der Waals surface area (Å²) in [6, 6.07) is 5.38. The highest BCUT2D eigenvalue weighted by Gasteiger charge is 2.48. The molecule has 0 spiro atoms. The molecule has 3 aliphatic heterocycles. The third kappa shape index (κ3) is 6.98. The monoisotopic (exact) mass is 597 g/mol. The van der Waals surface area contributed by atoms with Crippen LogP contribution in [0.2, 0.25) is 0 Å². The van der Waals surface area contributed by atoms with Gasteiger partial charge in [0, 0.05) is 25.0 Å². The molecule has 2 saturated heterocycles. The quantitative estimate of drug-likeness (QED) is 0.324. The first kappa shape index (κ1) is 31.3. The number of hydrogen-bond donors (Lipinski definition) is 4. The number of aliphatic hydroxyl groups is 1. The number of rotatable bonds is 10. The standard InChI is InChI=1S/C32H47N5O6/c1-3-9-25(28(38)30(40)33-23-12-13-23)34-29(39)26-18-22(19-37(26)31(41)20(2)35-15-7-4-8-16-35)27-24-11-6-5-10-21(24)14-17-36(27)32(42)43/h5-6,10-11,20,22-23,25-28,38H,3-4,7-9,12-19H2,1-2H3,(H,33,40)(H,34,39)(H,42,43)/t20?,22-,25?,26+,27?,28?/m1/s1. The first-order valence-corrected chi connectivity index (χ1v) is 16.1. The van der Waals surface area contributed by atoms with Crippen molar-refractivity contribution in [3.05, 3.63) is 35.4 Å². The first-order valence-electron chi connectivity index (χ1n) is 16.1. The van der Waals surface area contributed by atoms with Gasteiger partial charge in [0.05, 0.1) is 18.1 Å². The fraction of sp³-hybridized carbons (Fsp3) is 0.688. The first-order chi connectivity index (χ1) is 20.7. The van der Waals surface area contributed by atoms with Crippen LogP contribution in [0.4, 0.5) is 4.79 Å². The van der Waals surface area contributed by atoms with E-state index in [9.17, 15) is 29.4 Å². The molecule has 4 amide bonds. The third-order valence-corrected chi connectivity index (χ3v) is 9.74. The van der Waals surface area contributed by atoms with E-state index in [1.807, 2.05) is 38.1 Å². The molecular weight excluding hydrogens is 550 g/mol. The smallest absolute Gasteiger partial charge is 0.407 e. The lowest BCUT2D eigenvalue weighted by atomic mass is 9.83. The van der Waals surface area contributed by atoms with E-state index in [1.54, 1.807) is 4.90 Å². The molecular formula is C32H47N5O6. The molecule has 4 aliphatic rings. The predicted molar refractivity (Wildman–Crippen MR) is 160 cm³/mol. The average Bonchev–Trinajstić information content (AvgIpc) is 3.73. The summed E-state index contributed by atoms with van der Waals surface area (Å²) in [4.78, 5) is 58.4. The van der Waals surface area contributed by atoms with Crippen LogP contribution in [-0.4, -0.2) is 105 Å². The minimum absolute atomic E-state index is 0.0793. The van der Waals surface area contributed by atoms with Gasteiger partial charge in [0.15, 0.2) is 6.10 Å². The van der Waals surface area contributed by atoms with E-state index in [1.165, 1.54) is 4.90 Å². The molecule has 0 radical (unpaired) electrons. The van der Waals surface area contributed by atoms with Gasteiger partial charge in [-0.05, 0) is 76.1 Å². The van der Waals surface area contributed by atoms with Gasteiger partial charge in [0.1, 0.15) is 6.04 Å². The second-order valence-electron chi connectivity index (χ2n) is 12.8. The average molecular weight is 598 g/mol. The molecule has 1 aliphatic carbocycles. The number of carboxylic acid groups (broad SMARTS) is 1. The number of fused-ring (bicyclic) bond motifs is 1. The molecule has 0 bridgehead atoms. The Morgan fingerprint density at radius 1 is 1.02 bits per heavy atom. The van der Waals surface area contributed by atoms with Crippen molar-refractivity contribution in [2.45, 2.75) is 108 Å². The number of carbonyl (C=O) groups excluding carboxylic acids is 3. The van der Waals surface area contributed by atoms with Crippen LogP contribution < -0.4 is 10.6 Å². The van der Waals surface area contributed by atoms with E-state index in [4.69, 9.17) is 0 Å². The number of carbonyl (C=O) groups is 4. The van der Waals surface area contributed by atoms with Crippen LogP contribution in [0.3, 0.4) is 0 Å². The Balaban J connectivity index is 1.41. The highest BCUT2D eigenvalue weighted by molar-refractivity contribution is 5.91. The maximum absolute atomic E-state index is 14.1.